The zero-order valence-corrected chi connectivity index (χ0v) is 19.0. The average molecular weight is 403 g/mol. The number of ether oxygens (including phenoxy) is 1. The van der Waals surface area contributed by atoms with Crippen LogP contribution in [-0.2, 0) is 16.1 Å². The predicted molar refractivity (Wildman–Crippen MR) is 124 cm³/mol. The molecular weight excluding hydrogens is 360 g/mol. The van der Waals surface area contributed by atoms with Crippen LogP contribution in [0.25, 0.3) is 0 Å². The Kier molecular flexibility index (Phi) is 17.9. The predicted octanol–water partition coefficient (Wildman–Crippen LogP) is 5.74. The number of hydrogen-bond acceptors (Lipinski definition) is 3. The summed E-state index contributed by atoms with van der Waals surface area (Å²) >= 11 is 0. The molecule has 4 nitrogen and oxygen atoms in total. The summed E-state index contributed by atoms with van der Waals surface area (Å²) in [5.41, 5.74) is 7.75. The molecule has 1 aliphatic carbocycles. The number of amides is 1. The Labute approximate surface area is 178 Å². The highest BCUT2D eigenvalue weighted by atomic mass is 16.5. The minimum atomic E-state index is 0.564. The number of carbonyl (C=O) groups excluding carboxylic acids is 1. The fourth-order valence-electron chi connectivity index (χ4n) is 3.13. The van der Waals surface area contributed by atoms with Crippen LogP contribution in [0.4, 0.5) is 0 Å². The molecule has 0 bridgehead atoms. The summed E-state index contributed by atoms with van der Waals surface area (Å²) in [5, 5.41) is 2.66. The van der Waals surface area contributed by atoms with Crippen LogP contribution < -0.4 is 11.1 Å². The van der Waals surface area contributed by atoms with Crippen LogP contribution in [0.1, 0.15) is 71.8 Å². The molecule has 1 aromatic rings. The fourth-order valence-corrected chi connectivity index (χ4v) is 3.13. The molecule has 1 saturated carbocycles. The number of rotatable bonds is 9. The van der Waals surface area contributed by atoms with Crippen molar-refractivity contribution in [1.82, 2.24) is 5.32 Å². The third-order valence-corrected chi connectivity index (χ3v) is 4.80. The van der Waals surface area contributed by atoms with Gasteiger partial charge in [-0.1, -0.05) is 75.6 Å². The molecule has 1 aromatic carbocycles. The maximum absolute atomic E-state index is 10.2. The van der Waals surface area contributed by atoms with Gasteiger partial charge in [0.1, 0.15) is 6.61 Å². The standard InChI is InChI=1S/C16H21NO2.C7H15N.C2H6/c1-3-7-16(10-11-17-13-18)14(2)19-12-15-8-5-4-6-9-15;8-6-7-4-2-1-3-5-7;1-2/h3-9,13H,10-12H2,1-2H3,(H,17,18);7H,1-6,8H2;1-2H3/b7-3-,16-14-;;. The van der Waals surface area contributed by atoms with Gasteiger partial charge < -0.3 is 15.8 Å². The minimum Gasteiger partial charge on any atom is -0.493 e. The fraction of sp³-hybridized carbons (Fsp3) is 0.560. The molecule has 0 heterocycles. The van der Waals surface area contributed by atoms with Crippen LogP contribution in [0.2, 0.25) is 0 Å². The third kappa shape index (κ3) is 13.7. The smallest absolute Gasteiger partial charge is 0.207 e. The van der Waals surface area contributed by atoms with Crippen molar-refractivity contribution in [2.45, 2.75) is 72.8 Å². The number of nitrogens with two attached hydrogens (primary N) is 1. The first kappa shape index (κ1) is 26.9. The van der Waals surface area contributed by atoms with Crippen LogP contribution in [0, 0.1) is 5.92 Å². The van der Waals surface area contributed by atoms with Gasteiger partial charge in [-0.15, -0.1) is 0 Å². The van der Waals surface area contributed by atoms with Crippen LogP contribution >= 0.6 is 0 Å². The Morgan fingerprint density at radius 1 is 1.17 bits per heavy atom. The molecule has 29 heavy (non-hydrogen) atoms. The maximum atomic E-state index is 10.2. The zero-order chi connectivity index (χ0) is 21.7. The second-order valence-electron chi connectivity index (χ2n) is 6.92. The van der Waals surface area contributed by atoms with Crippen molar-refractivity contribution in [2.75, 3.05) is 13.1 Å². The van der Waals surface area contributed by atoms with Crippen LogP contribution in [0.5, 0.6) is 0 Å². The van der Waals surface area contributed by atoms with Crippen molar-refractivity contribution in [2.24, 2.45) is 11.7 Å². The average Bonchev–Trinajstić information content (AvgIpc) is 2.80. The Morgan fingerprint density at radius 2 is 1.83 bits per heavy atom. The van der Waals surface area contributed by atoms with Crippen LogP contribution in [-0.4, -0.2) is 19.5 Å². The van der Waals surface area contributed by atoms with E-state index in [1.807, 2.05) is 70.2 Å². The van der Waals surface area contributed by atoms with E-state index in [9.17, 15) is 4.79 Å². The van der Waals surface area contributed by atoms with E-state index >= 15 is 0 Å². The van der Waals surface area contributed by atoms with Gasteiger partial charge in [0, 0.05) is 6.54 Å². The highest BCUT2D eigenvalue weighted by Crippen LogP contribution is 2.21. The molecule has 0 saturated heterocycles. The summed E-state index contributed by atoms with van der Waals surface area (Å²) < 4.78 is 5.79. The largest absolute Gasteiger partial charge is 0.493 e. The quantitative estimate of drug-likeness (QED) is 0.239. The van der Waals surface area contributed by atoms with Gasteiger partial charge in [-0.05, 0) is 56.7 Å². The lowest BCUT2D eigenvalue weighted by molar-refractivity contribution is -0.109. The highest BCUT2D eigenvalue weighted by Gasteiger charge is 2.10. The van der Waals surface area contributed by atoms with E-state index in [2.05, 4.69) is 5.32 Å². The van der Waals surface area contributed by atoms with E-state index in [0.29, 0.717) is 19.6 Å². The molecule has 0 aromatic heterocycles. The first-order valence-corrected chi connectivity index (χ1v) is 11.1. The summed E-state index contributed by atoms with van der Waals surface area (Å²) in [7, 11) is 0. The van der Waals surface area contributed by atoms with Crippen molar-refractivity contribution in [3.8, 4) is 0 Å². The molecule has 2 rings (SSSR count). The van der Waals surface area contributed by atoms with Gasteiger partial charge in [0.05, 0.1) is 5.76 Å². The second kappa shape index (κ2) is 19.3. The molecule has 4 heteroatoms. The maximum Gasteiger partial charge on any atom is 0.207 e. The number of hydrogen-bond donors (Lipinski definition) is 2. The van der Waals surface area contributed by atoms with Crippen molar-refractivity contribution < 1.29 is 9.53 Å². The van der Waals surface area contributed by atoms with Crippen molar-refractivity contribution in [3.63, 3.8) is 0 Å². The zero-order valence-electron chi connectivity index (χ0n) is 19.0. The van der Waals surface area contributed by atoms with Gasteiger partial charge in [-0.2, -0.15) is 0 Å². The summed E-state index contributed by atoms with van der Waals surface area (Å²) in [4.78, 5) is 10.2. The number of carbonyl (C=O) groups is 1. The lowest BCUT2D eigenvalue weighted by Crippen LogP contribution is -2.16. The summed E-state index contributed by atoms with van der Waals surface area (Å²) in [5.74, 6) is 1.76. The number of allylic oxidation sites excluding steroid dienone is 3. The molecule has 0 aliphatic heterocycles. The van der Waals surface area contributed by atoms with Gasteiger partial charge in [0.2, 0.25) is 6.41 Å². The van der Waals surface area contributed by atoms with E-state index in [0.717, 1.165) is 35.8 Å². The molecule has 1 aliphatic rings. The van der Waals surface area contributed by atoms with Gasteiger partial charge in [0.25, 0.3) is 0 Å². The Bertz CT molecular complexity index is 561. The molecule has 0 atom stereocenters. The first-order valence-electron chi connectivity index (χ1n) is 11.1. The topological polar surface area (TPSA) is 64.3 Å². The lowest BCUT2D eigenvalue weighted by Gasteiger charge is -2.18. The molecule has 0 unspecified atom stereocenters. The van der Waals surface area contributed by atoms with Crippen molar-refractivity contribution in [3.05, 3.63) is 59.4 Å². The molecule has 164 valence electrons. The van der Waals surface area contributed by atoms with E-state index in [-0.39, 0.29) is 0 Å². The number of nitrogens with one attached hydrogen (secondary N) is 1. The molecular formula is C25H42N2O2. The molecule has 0 spiro atoms. The Balaban J connectivity index is 0.000000649. The van der Waals surface area contributed by atoms with Crippen molar-refractivity contribution in [1.29, 1.82) is 0 Å². The van der Waals surface area contributed by atoms with E-state index < -0.39 is 0 Å². The normalized spacial score (nSPS) is 14.7. The second-order valence-corrected chi connectivity index (χ2v) is 6.92. The van der Waals surface area contributed by atoms with E-state index in [4.69, 9.17) is 10.5 Å². The SMILES string of the molecule is C/C=C\C(CCNC=O)=C(/C)OCc1ccccc1.CC.NCC1CCCCC1. The monoisotopic (exact) mass is 402 g/mol. The van der Waals surface area contributed by atoms with Crippen LogP contribution in [0.15, 0.2) is 53.8 Å². The Morgan fingerprint density at radius 3 is 2.34 bits per heavy atom. The van der Waals surface area contributed by atoms with E-state index in [1.165, 1.54) is 32.1 Å². The summed E-state index contributed by atoms with van der Waals surface area (Å²) in [6, 6.07) is 10.1. The minimum absolute atomic E-state index is 0.564. The van der Waals surface area contributed by atoms with Crippen molar-refractivity contribution >= 4 is 6.41 Å². The molecule has 1 amide bonds. The molecule has 3 N–H and O–H groups in total. The molecule has 1 fully saturated rings. The van der Waals surface area contributed by atoms with Gasteiger partial charge in [-0.25, -0.2) is 0 Å². The highest BCUT2D eigenvalue weighted by molar-refractivity contribution is 5.45. The van der Waals surface area contributed by atoms with Gasteiger partial charge in [0.15, 0.2) is 0 Å². The summed E-state index contributed by atoms with van der Waals surface area (Å²) in [6.07, 6.45) is 12.5. The summed E-state index contributed by atoms with van der Waals surface area (Å²) in [6.45, 7) is 10.0. The van der Waals surface area contributed by atoms with E-state index in [1.54, 1.807) is 0 Å². The first-order chi connectivity index (χ1) is 14.2. The Hall–Kier alpha value is -2.07. The number of benzene rings is 1. The van der Waals surface area contributed by atoms with Crippen LogP contribution in [0.3, 0.4) is 0 Å². The lowest BCUT2D eigenvalue weighted by atomic mass is 9.90. The van der Waals surface area contributed by atoms with Gasteiger partial charge in [-0.3, -0.25) is 4.79 Å². The third-order valence-electron chi connectivity index (χ3n) is 4.80. The van der Waals surface area contributed by atoms with Gasteiger partial charge >= 0.3 is 0 Å². The molecule has 0 radical (unpaired) electrons.